The van der Waals surface area contributed by atoms with E-state index in [0.717, 1.165) is 11.3 Å². The van der Waals surface area contributed by atoms with Gasteiger partial charge in [-0.3, -0.25) is 4.79 Å². The topological polar surface area (TPSA) is 50.4 Å². The lowest BCUT2D eigenvalue weighted by atomic mass is 9.92. The van der Waals surface area contributed by atoms with Gasteiger partial charge in [0.2, 0.25) is 5.91 Å². The molecule has 0 aliphatic heterocycles. The van der Waals surface area contributed by atoms with Crippen LogP contribution in [0, 0.1) is 5.41 Å². The van der Waals surface area contributed by atoms with Crippen LogP contribution in [0.25, 0.3) is 0 Å². The monoisotopic (exact) mass is 284 g/mol. The van der Waals surface area contributed by atoms with Gasteiger partial charge < -0.3 is 15.4 Å². The van der Waals surface area contributed by atoms with Crippen molar-refractivity contribution in [1.82, 2.24) is 10.6 Å². The minimum atomic E-state index is -0.458. The van der Waals surface area contributed by atoms with E-state index in [1.165, 1.54) is 0 Å². The van der Waals surface area contributed by atoms with Crippen LogP contribution in [-0.4, -0.2) is 26.6 Å². The van der Waals surface area contributed by atoms with Crippen LogP contribution < -0.4 is 15.4 Å². The number of rotatable bonds is 6. The average molecular weight is 285 g/mol. The van der Waals surface area contributed by atoms with Crippen molar-refractivity contribution < 1.29 is 9.53 Å². The molecule has 1 rings (SSSR count). The quantitative estimate of drug-likeness (QED) is 0.842. The zero-order valence-corrected chi connectivity index (χ0v) is 12.6. The molecule has 4 nitrogen and oxygen atoms in total. The van der Waals surface area contributed by atoms with Crippen molar-refractivity contribution in [3.63, 3.8) is 0 Å². The molecule has 0 spiro atoms. The molecule has 0 radical (unpaired) electrons. The van der Waals surface area contributed by atoms with E-state index in [0.29, 0.717) is 18.1 Å². The molecule has 0 unspecified atom stereocenters. The number of hydrogen-bond acceptors (Lipinski definition) is 3. The molecular weight excluding hydrogens is 264 g/mol. The first-order valence-electron chi connectivity index (χ1n) is 6.16. The highest BCUT2D eigenvalue weighted by molar-refractivity contribution is 6.30. The van der Waals surface area contributed by atoms with Crippen molar-refractivity contribution in [2.75, 3.05) is 20.7 Å². The number of benzene rings is 1. The molecule has 0 aliphatic rings. The molecule has 0 saturated heterocycles. The van der Waals surface area contributed by atoms with Crippen LogP contribution in [0.5, 0.6) is 5.75 Å². The third-order valence-electron chi connectivity index (χ3n) is 2.97. The summed E-state index contributed by atoms with van der Waals surface area (Å²) in [6.07, 6.45) is 0. The average Bonchev–Trinajstić information content (AvgIpc) is 2.37. The molecular formula is C14H21ClN2O2. The van der Waals surface area contributed by atoms with Gasteiger partial charge in [0.15, 0.2) is 0 Å². The molecule has 0 aromatic heterocycles. The molecule has 1 aromatic rings. The zero-order chi connectivity index (χ0) is 14.5. The van der Waals surface area contributed by atoms with Gasteiger partial charge in [0.1, 0.15) is 5.75 Å². The lowest BCUT2D eigenvalue weighted by Crippen LogP contribution is -2.41. The number of hydrogen-bond donors (Lipinski definition) is 2. The van der Waals surface area contributed by atoms with Gasteiger partial charge >= 0.3 is 0 Å². The number of ether oxygens (including phenoxy) is 1. The predicted molar refractivity (Wildman–Crippen MR) is 77.6 cm³/mol. The molecule has 1 amide bonds. The molecule has 0 fully saturated rings. The number of halogens is 1. The summed E-state index contributed by atoms with van der Waals surface area (Å²) < 4.78 is 5.27. The largest absolute Gasteiger partial charge is 0.496 e. The number of nitrogens with one attached hydrogen (secondary N) is 2. The Labute approximate surface area is 119 Å². The summed E-state index contributed by atoms with van der Waals surface area (Å²) in [5.41, 5.74) is 0.517. The lowest BCUT2D eigenvalue weighted by molar-refractivity contribution is -0.128. The van der Waals surface area contributed by atoms with E-state index < -0.39 is 5.41 Å². The fourth-order valence-corrected chi connectivity index (χ4v) is 2.01. The second kappa shape index (κ2) is 6.78. The summed E-state index contributed by atoms with van der Waals surface area (Å²) in [7, 11) is 3.27. The van der Waals surface area contributed by atoms with Crippen LogP contribution in [-0.2, 0) is 11.3 Å². The van der Waals surface area contributed by atoms with Gasteiger partial charge in [-0.15, -0.1) is 0 Å². The third kappa shape index (κ3) is 4.40. The first-order valence-corrected chi connectivity index (χ1v) is 6.54. The molecule has 0 aliphatic carbocycles. The highest BCUT2D eigenvalue weighted by Crippen LogP contribution is 2.22. The summed E-state index contributed by atoms with van der Waals surface area (Å²) in [6.45, 7) is 4.97. The molecule has 0 bridgehead atoms. The zero-order valence-electron chi connectivity index (χ0n) is 11.8. The molecule has 19 heavy (non-hydrogen) atoms. The Hall–Kier alpha value is -1.26. The Morgan fingerprint density at radius 2 is 2.11 bits per heavy atom. The molecule has 1 aromatic carbocycles. The van der Waals surface area contributed by atoms with Crippen LogP contribution in [0.2, 0.25) is 5.02 Å². The van der Waals surface area contributed by atoms with Crippen LogP contribution >= 0.6 is 11.6 Å². The van der Waals surface area contributed by atoms with E-state index in [2.05, 4.69) is 10.6 Å². The fraction of sp³-hybridized carbons (Fsp3) is 0.500. The highest BCUT2D eigenvalue weighted by Gasteiger charge is 2.25. The number of amides is 1. The smallest absolute Gasteiger partial charge is 0.226 e. The maximum atomic E-state index is 11.7. The Morgan fingerprint density at radius 1 is 1.42 bits per heavy atom. The summed E-state index contributed by atoms with van der Waals surface area (Å²) in [5.74, 6) is 0.799. The van der Waals surface area contributed by atoms with E-state index in [9.17, 15) is 4.79 Å². The Bertz CT molecular complexity index is 447. The van der Waals surface area contributed by atoms with E-state index in [1.54, 1.807) is 20.2 Å². The van der Waals surface area contributed by atoms with Crippen LogP contribution in [0.15, 0.2) is 18.2 Å². The highest BCUT2D eigenvalue weighted by atomic mass is 35.5. The van der Waals surface area contributed by atoms with Gasteiger partial charge in [-0.25, -0.2) is 0 Å². The SMILES string of the molecule is CNC(=O)C(C)(C)CNCc1cc(Cl)ccc1OC. The molecule has 0 heterocycles. The van der Waals surface area contributed by atoms with Gasteiger partial charge in [-0.2, -0.15) is 0 Å². The van der Waals surface area contributed by atoms with Gasteiger partial charge in [0.25, 0.3) is 0 Å². The summed E-state index contributed by atoms with van der Waals surface area (Å²) in [5, 5.41) is 6.59. The van der Waals surface area contributed by atoms with E-state index >= 15 is 0 Å². The predicted octanol–water partition coefficient (Wildman–Crippen LogP) is 2.21. The molecule has 5 heteroatoms. The lowest BCUT2D eigenvalue weighted by Gasteiger charge is -2.23. The Kier molecular flexibility index (Phi) is 5.63. The van der Waals surface area contributed by atoms with E-state index in [1.807, 2.05) is 26.0 Å². The standard InChI is InChI=1S/C14H21ClN2O2/c1-14(2,13(18)16-3)9-17-8-10-7-11(15)5-6-12(10)19-4/h5-7,17H,8-9H2,1-4H3,(H,16,18). The van der Waals surface area contributed by atoms with Crippen molar-refractivity contribution in [3.05, 3.63) is 28.8 Å². The first kappa shape index (κ1) is 15.8. The minimum Gasteiger partial charge on any atom is -0.496 e. The molecule has 2 N–H and O–H groups in total. The van der Waals surface area contributed by atoms with Crippen molar-refractivity contribution in [1.29, 1.82) is 0 Å². The maximum Gasteiger partial charge on any atom is 0.226 e. The summed E-state index contributed by atoms with van der Waals surface area (Å²) >= 11 is 5.97. The summed E-state index contributed by atoms with van der Waals surface area (Å²) in [4.78, 5) is 11.7. The maximum absolute atomic E-state index is 11.7. The van der Waals surface area contributed by atoms with Gasteiger partial charge in [-0.1, -0.05) is 11.6 Å². The van der Waals surface area contributed by atoms with Crippen molar-refractivity contribution in [2.45, 2.75) is 20.4 Å². The van der Waals surface area contributed by atoms with Crippen molar-refractivity contribution >= 4 is 17.5 Å². The second-order valence-corrected chi connectivity index (χ2v) is 5.46. The van der Waals surface area contributed by atoms with Crippen molar-refractivity contribution in [2.24, 2.45) is 5.41 Å². The normalized spacial score (nSPS) is 11.2. The van der Waals surface area contributed by atoms with Gasteiger partial charge in [0.05, 0.1) is 12.5 Å². The van der Waals surface area contributed by atoms with E-state index in [4.69, 9.17) is 16.3 Å². The molecule has 0 atom stereocenters. The van der Waals surface area contributed by atoms with E-state index in [-0.39, 0.29) is 5.91 Å². The first-order chi connectivity index (χ1) is 8.90. The number of carbonyl (C=O) groups is 1. The van der Waals surface area contributed by atoms with Crippen LogP contribution in [0.3, 0.4) is 0 Å². The summed E-state index contributed by atoms with van der Waals surface area (Å²) in [6, 6.07) is 5.49. The minimum absolute atomic E-state index is 0.0121. The second-order valence-electron chi connectivity index (χ2n) is 5.02. The third-order valence-corrected chi connectivity index (χ3v) is 3.20. The van der Waals surface area contributed by atoms with Gasteiger partial charge in [0, 0.05) is 30.7 Å². The van der Waals surface area contributed by atoms with Gasteiger partial charge in [-0.05, 0) is 32.0 Å². The number of methoxy groups -OCH3 is 1. The Balaban J connectivity index is 2.63. The fourth-order valence-electron chi connectivity index (χ4n) is 1.81. The Morgan fingerprint density at radius 3 is 2.68 bits per heavy atom. The van der Waals surface area contributed by atoms with Crippen LogP contribution in [0.4, 0.5) is 0 Å². The number of carbonyl (C=O) groups excluding carboxylic acids is 1. The van der Waals surface area contributed by atoms with Crippen LogP contribution in [0.1, 0.15) is 19.4 Å². The molecule has 106 valence electrons. The molecule has 0 saturated carbocycles. The van der Waals surface area contributed by atoms with Crippen molar-refractivity contribution in [3.8, 4) is 5.75 Å².